The molecule has 0 saturated carbocycles. The second-order valence-corrected chi connectivity index (χ2v) is 5.60. The van der Waals surface area contributed by atoms with E-state index in [2.05, 4.69) is 9.98 Å². The molecule has 0 spiro atoms. The van der Waals surface area contributed by atoms with Gasteiger partial charge < -0.3 is 9.84 Å². The lowest BCUT2D eigenvalue weighted by Crippen LogP contribution is -2.31. The van der Waals surface area contributed by atoms with Crippen LogP contribution in [0.3, 0.4) is 0 Å². The SMILES string of the molecule is COc1ccccc1N=Cc1c(O)n(-c2cccc(C)c2)c(=O)[nH]c1=O. The summed E-state index contributed by atoms with van der Waals surface area (Å²) in [7, 11) is 1.51. The molecule has 0 unspecified atom stereocenters. The van der Waals surface area contributed by atoms with Crippen molar-refractivity contribution in [2.75, 3.05) is 7.11 Å². The van der Waals surface area contributed by atoms with Gasteiger partial charge in [0, 0.05) is 6.21 Å². The van der Waals surface area contributed by atoms with Crippen molar-refractivity contribution in [3.05, 3.63) is 80.5 Å². The van der Waals surface area contributed by atoms with Crippen molar-refractivity contribution in [3.8, 4) is 17.3 Å². The minimum Gasteiger partial charge on any atom is -0.494 e. The quantitative estimate of drug-likeness (QED) is 0.705. The number of aromatic amines is 1. The molecule has 1 heterocycles. The van der Waals surface area contributed by atoms with E-state index in [1.165, 1.54) is 13.3 Å². The van der Waals surface area contributed by atoms with E-state index in [0.29, 0.717) is 17.1 Å². The summed E-state index contributed by atoms with van der Waals surface area (Å²) in [5, 5.41) is 10.5. The molecule has 3 rings (SSSR count). The Morgan fingerprint density at radius 1 is 1.15 bits per heavy atom. The maximum absolute atomic E-state index is 12.2. The summed E-state index contributed by atoms with van der Waals surface area (Å²) in [4.78, 5) is 30.7. The number of nitrogens with one attached hydrogen (secondary N) is 1. The molecule has 2 aromatic carbocycles. The summed E-state index contributed by atoms with van der Waals surface area (Å²) in [5.74, 6) is 0.0367. The highest BCUT2D eigenvalue weighted by molar-refractivity contribution is 5.85. The molecule has 2 N–H and O–H groups in total. The van der Waals surface area contributed by atoms with E-state index in [0.717, 1.165) is 10.1 Å². The van der Waals surface area contributed by atoms with Gasteiger partial charge in [0.2, 0.25) is 5.88 Å². The number of hydrogen-bond acceptors (Lipinski definition) is 5. The van der Waals surface area contributed by atoms with Gasteiger partial charge in [0.1, 0.15) is 17.0 Å². The van der Waals surface area contributed by atoms with E-state index < -0.39 is 17.1 Å². The predicted octanol–water partition coefficient (Wildman–Crippen LogP) is 2.30. The first-order valence-electron chi connectivity index (χ1n) is 7.83. The standard InChI is InChI=1S/C19H17N3O4/c1-12-6-5-7-13(10-12)22-18(24)14(17(23)21-19(22)25)11-20-15-8-3-4-9-16(15)26-2/h3-11,24H,1-2H3,(H,21,23,25). The van der Waals surface area contributed by atoms with Crippen LogP contribution in [0.5, 0.6) is 11.6 Å². The lowest BCUT2D eigenvalue weighted by Gasteiger charge is -2.10. The van der Waals surface area contributed by atoms with Gasteiger partial charge in [-0.3, -0.25) is 14.8 Å². The number of benzene rings is 2. The van der Waals surface area contributed by atoms with E-state index >= 15 is 0 Å². The molecule has 3 aromatic rings. The smallest absolute Gasteiger partial charge is 0.335 e. The van der Waals surface area contributed by atoms with Gasteiger partial charge in [-0.25, -0.2) is 9.36 Å². The summed E-state index contributed by atoms with van der Waals surface area (Å²) in [6, 6.07) is 14.0. The second kappa shape index (κ2) is 7.10. The highest BCUT2D eigenvalue weighted by atomic mass is 16.5. The van der Waals surface area contributed by atoms with Crippen LogP contribution in [0.15, 0.2) is 63.1 Å². The Kier molecular flexibility index (Phi) is 4.70. The van der Waals surface area contributed by atoms with Gasteiger partial charge >= 0.3 is 5.69 Å². The molecule has 132 valence electrons. The van der Waals surface area contributed by atoms with E-state index in [4.69, 9.17) is 4.74 Å². The first-order valence-corrected chi connectivity index (χ1v) is 7.83. The van der Waals surface area contributed by atoms with Crippen molar-refractivity contribution in [1.82, 2.24) is 9.55 Å². The third-order valence-corrected chi connectivity index (χ3v) is 3.80. The van der Waals surface area contributed by atoms with Crippen LogP contribution in [-0.2, 0) is 0 Å². The third kappa shape index (κ3) is 3.27. The molecule has 0 amide bonds. The molecule has 7 heteroatoms. The van der Waals surface area contributed by atoms with Crippen LogP contribution in [0.1, 0.15) is 11.1 Å². The zero-order valence-electron chi connectivity index (χ0n) is 14.3. The number of aliphatic imine (C=N–C) groups is 1. The van der Waals surface area contributed by atoms with Gasteiger partial charge in [0.15, 0.2) is 0 Å². The van der Waals surface area contributed by atoms with Gasteiger partial charge in [-0.15, -0.1) is 0 Å². The van der Waals surface area contributed by atoms with Crippen molar-refractivity contribution in [2.45, 2.75) is 6.92 Å². The van der Waals surface area contributed by atoms with Crippen LogP contribution >= 0.6 is 0 Å². The zero-order valence-corrected chi connectivity index (χ0v) is 14.3. The fourth-order valence-electron chi connectivity index (χ4n) is 2.53. The van der Waals surface area contributed by atoms with Crippen molar-refractivity contribution in [2.24, 2.45) is 4.99 Å². The summed E-state index contributed by atoms with van der Waals surface area (Å²) < 4.78 is 6.23. The Labute approximate surface area is 148 Å². The molecule has 0 saturated heterocycles. The molecule has 0 bridgehead atoms. The molecule has 0 aliphatic heterocycles. The van der Waals surface area contributed by atoms with Gasteiger partial charge in [-0.2, -0.15) is 0 Å². The Morgan fingerprint density at radius 3 is 2.65 bits per heavy atom. The largest absolute Gasteiger partial charge is 0.494 e. The van der Waals surface area contributed by atoms with E-state index in [1.807, 2.05) is 13.0 Å². The van der Waals surface area contributed by atoms with Crippen LogP contribution in [0.25, 0.3) is 5.69 Å². The first-order chi connectivity index (χ1) is 12.5. The summed E-state index contributed by atoms with van der Waals surface area (Å²) in [6.45, 7) is 1.86. The molecule has 1 aromatic heterocycles. The van der Waals surface area contributed by atoms with Crippen molar-refractivity contribution >= 4 is 11.9 Å². The molecular formula is C19H17N3O4. The molecule has 0 aliphatic rings. The number of H-pyrrole nitrogens is 1. The number of para-hydroxylation sites is 2. The van der Waals surface area contributed by atoms with Crippen LogP contribution in [0.4, 0.5) is 5.69 Å². The number of ether oxygens (including phenoxy) is 1. The molecule has 26 heavy (non-hydrogen) atoms. The number of aromatic nitrogens is 2. The molecule has 0 atom stereocenters. The van der Waals surface area contributed by atoms with E-state index in [9.17, 15) is 14.7 Å². The maximum Gasteiger partial charge on any atom is 0.335 e. The highest BCUT2D eigenvalue weighted by Gasteiger charge is 2.14. The lowest BCUT2D eigenvalue weighted by molar-refractivity contribution is 0.416. The summed E-state index contributed by atoms with van der Waals surface area (Å²) >= 11 is 0. The monoisotopic (exact) mass is 351 g/mol. The minimum atomic E-state index is -0.729. The lowest BCUT2D eigenvalue weighted by atomic mass is 10.2. The average Bonchev–Trinajstić information content (AvgIpc) is 2.61. The molecule has 0 fully saturated rings. The highest BCUT2D eigenvalue weighted by Crippen LogP contribution is 2.26. The third-order valence-electron chi connectivity index (χ3n) is 3.80. The van der Waals surface area contributed by atoms with Crippen LogP contribution in [0, 0.1) is 6.92 Å². The van der Waals surface area contributed by atoms with Crippen molar-refractivity contribution < 1.29 is 9.84 Å². The predicted molar refractivity (Wildman–Crippen MR) is 99.3 cm³/mol. The molecule has 0 aliphatic carbocycles. The van der Waals surface area contributed by atoms with Gasteiger partial charge in [-0.05, 0) is 36.8 Å². The Morgan fingerprint density at radius 2 is 1.92 bits per heavy atom. The Balaban J connectivity index is 2.14. The number of aryl methyl sites for hydroxylation is 1. The first kappa shape index (κ1) is 17.2. The summed E-state index contributed by atoms with van der Waals surface area (Å²) in [6.07, 6.45) is 1.21. The topological polar surface area (TPSA) is 96.7 Å². The van der Waals surface area contributed by atoms with Crippen LogP contribution in [0.2, 0.25) is 0 Å². The minimum absolute atomic E-state index is 0.128. The van der Waals surface area contributed by atoms with Gasteiger partial charge in [0.25, 0.3) is 5.56 Å². The van der Waals surface area contributed by atoms with Gasteiger partial charge in [0.05, 0.1) is 12.8 Å². The van der Waals surface area contributed by atoms with Crippen LogP contribution < -0.4 is 16.0 Å². The fraction of sp³-hybridized carbons (Fsp3) is 0.105. The maximum atomic E-state index is 12.2. The molecule has 7 nitrogen and oxygen atoms in total. The average molecular weight is 351 g/mol. The summed E-state index contributed by atoms with van der Waals surface area (Å²) in [5.41, 5.74) is 0.252. The molecule has 0 radical (unpaired) electrons. The number of rotatable bonds is 4. The number of hydrogen-bond donors (Lipinski definition) is 2. The van der Waals surface area contributed by atoms with Crippen LogP contribution in [-0.4, -0.2) is 28.0 Å². The molecular weight excluding hydrogens is 334 g/mol. The zero-order chi connectivity index (χ0) is 18.7. The number of aromatic hydroxyl groups is 1. The van der Waals surface area contributed by atoms with E-state index in [-0.39, 0.29) is 5.56 Å². The van der Waals surface area contributed by atoms with Crippen molar-refractivity contribution in [1.29, 1.82) is 0 Å². The van der Waals surface area contributed by atoms with Crippen molar-refractivity contribution in [3.63, 3.8) is 0 Å². The Hall–Kier alpha value is -3.61. The number of methoxy groups -OCH3 is 1. The van der Waals surface area contributed by atoms with E-state index in [1.54, 1.807) is 42.5 Å². The van der Waals surface area contributed by atoms with Gasteiger partial charge in [-0.1, -0.05) is 24.3 Å². The normalized spacial score (nSPS) is 11.0. The fourth-order valence-corrected chi connectivity index (χ4v) is 2.53. The second-order valence-electron chi connectivity index (χ2n) is 5.60. The Bertz CT molecular complexity index is 1100. The number of nitrogens with zero attached hydrogens (tertiary/aromatic N) is 2.